The predicted octanol–water partition coefficient (Wildman–Crippen LogP) is 1.33. The quantitative estimate of drug-likeness (QED) is 0.427. The number of carbonyl (C=O) groups excluding carboxylic acids is 1. The molecule has 0 aliphatic heterocycles. The number of carbonyl (C=O) groups is 1. The molecule has 0 aromatic rings. The number of hydrogen-bond acceptors (Lipinski definition) is 2. The summed E-state index contributed by atoms with van der Waals surface area (Å²) in [5, 5.41) is 0.299. The maximum absolute atomic E-state index is 10.3. The van der Waals surface area contributed by atoms with Crippen molar-refractivity contribution in [3.63, 3.8) is 0 Å². The van der Waals surface area contributed by atoms with Crippen LogP contribution in [0.2, 0.25) is 0 Å². The van der Waals surface area contributed by atoms with Crippen LogP contribution in [0.25, 0.3) is 0 Å². The number of alkyl halides is 1. The average Bonchev–Trinajstić information content (AvgIpc) is 1.83. The molecule has 0 atom stereocenters. The van der Waals surface area contributed by atoms with Gasteiger partial charge in [0.2, 0.25) is 0 Å². The second-order valence-electron chi connectivity index (χ2n) is 1.35. The summed E-state index contributed by atoms with van der Waals surface area (Å²) in [4.78, 5) is 10.3. The fraction of sp³-hybridized carbons (Fsp3) is 0.800. The van der Waals surface area contributed by atoms with Crippen LogP contribution in [-0.4, -0.2) is 17.9 Å². The van der Waals surface area contributed by atoms with Crippen LogP contribution < -0.4 is 0 Å². The molecule has 0 N–H and O–H groups in total. The molecule has 0 spiro atoms. The third-order valence-corrected chi connectivity index (χ3v) is 1.03. The van der Waals surface area contributed by atoms with Crippen molar-refractivity contribution >= 4 is 21.9 Å². The SMILES string of the molecule is CCCOC(=O)CBr.[Zn]. The number of halogens is 1. The van der Waals surface area contributed by atoms with Crippen LogP contribution in [0, 0.1) is 0 Å². The topological polar surface area (TPSA) is 26.3 Å². The maximum atomic E-state index is 10.3. The molecule has 0 aliphatic rings. The van der Waals surface area contributed by atoms with E-state index in [9.17, 15) is 4.79 Å². The largest absolute Gasteiger partial charge is 0.465 e. The molecule has 0 saturated heterocycles. The minimum atomic E-state index is -0.188. The molecule has 2 nitrogen and oxygen atoms in total. The van der Waals surface area contributed by atoms with Crippen LogP contribution in [0.1, 0.15) is 13.3 Å². The number of hydrogen-bond donors (Lipinski definition) is 0. The van der Waals surface area contributed by atoms with Crippen molar-refractivity contribution in [3.8, 4) is 0 Å². The Morgan fingerprint density at radius 2 is 2.22 bits per heavy atom. The molecule has 0 aliphatic carbocycles. The van der Waals surface area contributed by atoms with E-state index in [1.54, 1.807) is 0 Å². The van der Waals surface area contributed by atoms with E-state index in [2.05, 4.69) is 20.7 Å². The fourth-order valence-electron chi connectivity index (χ4n) is 0.254. The summed E-state index contributed by atoms with van der Waals surface area (Å²) in [7, 11) is 0. The molecule has 0 bridgehead atoms. The van der Waals surface area contributed by atoms with Gasteiger partial charge in [-0.2, -0.15) is 0 Å². The van der Waals surface area contributed by atoms with Crippen LogP contribution in [0.15, 0.2) is 0 Å². The van der Waals surface area contributed by atoms with Crippen molar-refractivity contribution in [3.05, 3.63) is 0 Å². The Kier molecular flexibility index (Phi) is 11.7. The van der Waals surface area contributed by atoms with Gasteiger partial charge in [-0.15, -0.1) is 0 Å². The molecule has 9 heavy (non-hydrogen) atoms. The van der Waals surface area contributed by atoms with Crippen LogP contribution in [0.5, 0.6) is 0 Å². The Bertz CT molecular complexity index is 77.4. The first kappa shape index (κ1) is 12.3. The predicted molar refractivity (Wildman–Crippen MR) is 35.0 cm³/mol. The molecule has 0 radical (unpaired) electrons. The van der Waals surface area contributed by atoms with Crippen molar-refractivity contribution in [2.45, 2.75) is 13.3 Å². The molecule has 0 saturated carbocycles. The Balaban J connectivity index is 0. The van der Waals surface area contributed by atoms with Gasteiger partial charge in [-0.3, -0.25) is 4.79 Å². The molecule has 0 aromatic carbocycles. The Morgan fingerprint density at radius 1 is 1.67 bits per heavy atom. The summed E-state index contributed by atoms with van der Waals surface area (Å²) >= 11 is 2.97. The van der Waals surface area contributed by atoms with Gasteiger partial charge >= 0.3 is 5.97 Å². The Hall–Kier alpha value is 0.573. The van der Waals surface area contributed by atoms with Gasteiger partial charge < -0.3 is 4.74 Å². The van der Waals surface area contributed by atoms with Gasteiger partial charge in [0.25, 0.3) is 0 Å². The molecule has 0 fully saturated rings. The Morgan fingerprint density at radius 3 is 2.56 bits per heavy atom. The van der Waals surface area contributed by atoms with Crippen molar-refractivity contribution in [1.29, 1.82) is 0 Å². The van der Waals surface area contributed by atoms with Crippen LogP contribution >= 0.6 is 15.9 Å². The van der Waals surface area contributed by atoms with E-state index in [-0.39, 0.29) is 25.4 Å². The second-order valence-corrected chi connectivity index (χ2v) is 1.91. The number of rotatable bonds is 3. The minimum Gasteiger partial charge on any atom is -0.465 e. The average molecular weight is 246 g/mol. The molecule has 0 heterocycles. The summed E-state index contributed by atoms with van der Waals surface area (Å²) in [6.45, 7) is 2.49. The third kappa shape index (κ3) is 8.57. The second kappa shape index (κ2) is 8.57. The Labute approximate surface area is 76.2 Å². The van der Waals surface area contributed by atoms with Crippen molar-refractivity contribution in [2.75, 3.05) is 11.9 Å². The van der Waals surface area contributed by atoms with Crippen LogP contribution in [0.3, 0.4) is 0 Å². The molecule has 0 amide bonds. The molecular formula is C5H9BrO2Zn. The number of esters is 1. The van der Waals surface area contributed by atoms with E-state index in [0.29, 0.717) is 11.9 Å². The summed E-state index contributed by atoms with van der Waals surface area (Å²) in [5.74, 6) is -0.188. The smallest absolute Gasteiger partial charge is 0.316 e. The zero-order chi connectivity index (χ0) is 6.41. The molecule has 4 heteroatoms. The van der Waals surface area contributed by atoms with Crippen molar-refractivity contribution in [2.24, 2.45) is 0 Å². The fourth-order valence-corrected chi connectivity index (χ4v) is 0.416. The summed E-state index contributed by atoms with van der Waals surface area (Å²) < 4.78 is 4.65. The number of ether oxygens (including phenoxy) is 1. The molecule has 50 valence electrons. The van der Waals surface area contributed by atoms with E-state index in [1.807, 2.05) is 6.92 Å². The minimum absolute atomic E-state index is 0. The van der Waals surface area contributed by atoms with E-state index < -0.39 is 0 Å². The van der Waals surface area contributed by atoms with Crippen molar-refractivity contribution < 1.29 is 29.0 Å². The maximum Gasteiger partial charge on any atom is 0.316 e. The first-order valence-electron chi connectivity index (χ1n) is 2.52. The summed E-state index contributed by atoms with van der Waals surface area (Å²) in [5.41, 5.74) is 0. The zero-order valence-corrected chi connectivity index (χ0v) is 10.1. The van der Waals surface area contributed by atoms with Gasteiger partial charge in [0, 0.05) is 19.5 Å². The molecule has 0 unspecified atom stereocenters. The van der Waals surface area contributed by atoms with E-state index in [4.69, 9.17) is 0 Å². The summed E-state index contributed by atoms with van der Waals surface area (Å²) in [6, 6.07) is 0. The van der Waals surface area contributed by atoms with Gasteiger partial charge in [-0.1, -0.05) is 22.9 Å². The molecule has 0 rings (SSSR count). The van der Waals surface area contributed by atoms with Crippen molar-refractivity contribution in [1.82, 2.24) is 0 Å². The molecule has 0 aromatic heterocycles. The normalized spacial score (nSPS) is 7.78. The van der Waals surface area contributed by atoms with Gasteiger partial charge in [-0.05, 0) is 6.42 Å². The van der Waals surface area contributed by atoms with Gasteiger partial charge in [0.05, 0.1) is 6.61 Å². The van der Waals surface area contributed by atoms with E-state index in [0.717, 1.165) is 6.42 Å². The van der Waals surface area contributed by atoms with Gasteiger partial charge in [0.1, 0.15) is 5.33 Å². The first-order valence-corrected chi connectivity index (χ1v) is 3.65. The first-order chi connectivity index (χ1) is 3.81. The molecular weight excluding hydrogens is 237 g/mol. The van der Waals surface area contributed by atoms with E-state index >= 15 is 0 Å². The van der Waals surface area contributed by atoms with Gasteiger partial charge in [-0.25, -0.2) is 0 Å². The monoisotopic (exact) mass is 244 g/mol. The van der Waals surface area contributed by atoms with Crippen LogP contribution in [0.4, 0.5) is 0 Å². The van der Waals surface area contributed by atoms with Gasteiger partial charge in [0.15, 0.2) is 0 Å². The standard InChI is InChI=1S/C5H9BrO2.Zn/c1-2-3-8-5(7)4-6;/h2-4H2,1H3;. The third-order valence-electron chi connectivity index (χ3n) is 0.576. The van der Waals surface area contributed by atoms with E-state index in [1.165, 1.54) is 0 Å². The van der Waals surface area contributed by atoms with Crippen LogP contribution in [-0.2, 0) is 29.0 Å². The zero-order valence-electron chi connectivity index (χ0n) is 5.52. The summed E-state index contributed by atoms with van der Waals surface area (Å²) in [6.07, 6.45) is 0.888.